The van der Waals surface area contributed by atoms with Crippen LogP contribution in [0.2, 0.25) is 0 Å². The number of rotatable bonds is 2. The topological polar surface area (TPSA) is 6.48 Å². The molecule has 0 fully saturated rings. The van der Waals surface area contributed by atoms with E-state index in [1.165, 1.54) is 33.6 Å². The van der Waals surface area contributed by atoms with E-state index in [-0.39, 0.29) is 21.7 Å². The van der Waals surface area contributed by atoms with Gasteiger partial charge in [0.1, 0.15) is 0 Å². The van der Waals surface area contributed by atoms with E-state index in [1.807, 2.05) is 0 Å². The average Bonchev–Trinajstić information content (AvgIpc) is 3.13. The van der Waals surface area contributed by atoms with Crippen molar-refractivity contribution in [3.63, 3.8) is 0 Å². The van der Waals surface area contributed by atoms with Crippen molar-refractivity contribution in [2.75, 3.05) is 16.5 Å². The molecule has 0 spiro atoms. The summed E-state index contributed by atoms with van der Waals surface area (Å²) in [6.45, 7) is 28.7. The standard InChI is InChI=1S/C31H46N2/c1-28(2,3)22-15-13-16-23(29(4,5)6)26(22)32-19-20-33(21-32)27-24(30(7,8)9)17-14-18-25(27)31(10,11)12/h13-20H,21H2,1-12H3. The number of nitrogens with zero attached hydrogens (tertiary/aromatic N) is 2. The van der Waals surface area contributed by atoms with Crippen LogP contribution in [0.3, 0.4) is 0 Å². The van der Waals surface area contributed by atoms with Crippen LogP contribution in [0.15, 0.2) is 48.8 Å². The lowest BCUT2D eigenvalue weighted by molar-refractivity contribution is 0.565. The molecule has 0 aromatic heterocycles. The molecule has 2 aromatic rings. The highest BCUT2D eigenvalue weighted by Gasteiger charge is 2.33. The van der Waals surface area contributed by atoms with E-state index >= 15 is 0 Å². The van der Waals surface area contributed by atoms with Gasteiger partial charge in [0.2, 0.25) is 0 Å². The summed E-state index contributed by atoms with van der Waals surface area (Å²) in [7, 11) is 0. The average molecular weight is 447 g/mol. The number of anilines is 2. The normalized spacial score (nSPS) is 15.5. The molecule has 2 aromatic carbocycles. The van der Waals surface area contributed by atoms with Gasteiger partial charge in [-0.05, 0) is 43.9 Å². The third kappa shape index (κ3) is 5.15. The second-order valence-electron chi connectivity index (χ2n) is 13.8. The summed E-state index contributed by atoms with van der Waals surface area (Å²) in [4.78, 5) is 4.93. The maximum atomic E-state index is 2.47. The van der Waals surface area contributed by atoms with Gasteiger partial charge in [-0.3, -0.25) is 0 Å². The SMILES string of the molecule is CC(C)(C)c1cccc(C(C)(C)C)c1N1C=CN(c2c(C(C)(C)C)cccc2C(C)(C)C)C1. The van der Waals surface area contributed by atoms with Crippen LogP contribution in [0.4, 0.5) is 11.4 Å². The summed E-state index contributed by atoms with van der Waals surface area (Å²) in [6.07, 6.45) is 4.57. The fourth-order valence-corrected chi connectivity index (χ4v) is 4.84. The zero-order valence-corrected chi connectivity index (χ0v) is 23.2. The molecule has 33 heavy (non-hydrogen) atoms. The van der Waals surface area contributed by atoms with Crippen molar-refractivity contribution in [1.29, 1.82) is 0 Å². The van der Waals surface area contributed by atoms with E-state index in [2.05, 4.69) is 142 Å². The van der Waals surface area contributed by atoms with Gasteiger partial charge in [-0.25, -0.2) is 0 Å². The van der Waals surface area contributed by atoms with E-state index in [4.69, 9.17) is 0 Å². The Hall–Kier alpha value is -2.22. The minimum Gasteiger partial charge on any atom is -0.327 e. The fourth-order valence-electron chi connectivity index (χ4n) is 4.84. The molecule has 1 aliphatic rings. The molecular formula is C31H46N2. The lowest BCUT2D eigenvalue weighted by Crippen LogP contribution is -2.32. The number of hydrogen-bond acceptors (Lipinski definition) is 2. The molecule has 0 aliphatic carbocycles. The smallest absolute Gasteiger partial charge is 0.0989 e. The first-order valence-electron chi connectivity index (χ1n) is 12.4. The van der Waals surface area contributed by atoms with Gasteiger partial charge < -0.3 is 9.80 Å². The zero-order chi connectivity index (χ0) is 25.0. The van der Waals surface area contributed by atoms with Gasteiger partial charge in [-0.1, -0.05) is 119 Å². The minimum atomic E-state index is 0.0672. The van der Waals surface area contributed by atoms with E-state index in [1.54, 1.807) is 0 Å². The van der Waals surface area contributed by atoms with Crippen molar-refractivity contribution in [2.24, 2.45) is 0 Å². The third-order valence-electron chi connectivity index (χ3n) is 6.61. The monoisotopic (exact) mass is 446 g/mol. The first-order valence-corrected chi connectivity index (χ1v) is 12.4. The van der Waals surface area contributed by atoms with Crippen LogP contribution in [-0.4, -0.2) is 6.67 Å². The van der Waals surface area contributed by atoms with E-state index in [0.29, 0.717) is 0 Å². The van der Waals surface area contributed by atoms with Gasteiger partial charge in [0.25, 0.3) is 0 Å². The third-order valence-corrected chi connectivity index (χ3v) is 6.61. The van der Waals surface area contributed by atoms with Crippen LogP contribution < -0.4 is 9.80 Å². The van der Waals surface area contributed by atoms with Crippen molar-refractivity contribution in [2.45, 2.75) is 105 Å². The molecule has 0 saturated carbocycles. The maximum absolute atomic E-state index is 2.47. The summed E-state index contributed by atoms with van der Waals surface area (Å²) in [5, 5.41) is 0. The number of para-hydroxylation sites is 2. The number of hydrogen-bond donors (Lipinski definition) is 0. The van der Waals surface area contributed by atoms with E-state index in [0.717, 1.165) is 6.67 Å². The fraction of sp³-hybridized carbons (Fsp3) is 0.548. The van der Waals surface area contributed by atoms with Gasteiger partial charge in [0.15, 0.2) is 0 Å². The van der Waals surface area contributed by atoms with Crippen molar-refractivity contribution in [3.05, 3.63) is 71.1 Å². The largest absolute Gasteiger partial charge is 0.327 e. The molecule has 0 bridgehead atoms. The lowest BCUT2D eigenvalue weighted by Gasteiger charge is -2.36. The van der Waals surface area contributed by atoms with Crippen LogP contribution in [0, 0.1) is 0 Å². The van der Waals surface area contributed by atoms with Crippen molar-refractivity contribution < 1.29 is 0 Å². The Balaban J connectivity index is 2.16. The van der Waals surface area contributed by atoms with Crippen LogP contribution in [-0.2, 0) is 21.7 Å². The Bertz CT molecular complexity index is 883. The molecule has 0 radical (unpaired) electrons. The van der Waals surface area contributed by atoms with E-state index < -0.39 is 0 Å². The number of benzene rings is 2. The second kappa shape index (κ2) is 8.22. The quantitative estimate of drug-likeness (QED) is 0.455. The summed E-state index contributed by atoms with van der Waals surface area (Å²) < 4.78 is 0. The summed E-state index contributed by atoms with van der Waals surface area (Å²) in [6, 6.07) is 13.7. The first kappa shape index (κ1) is 25.4. The van der Waals surface area contributed by atoms with Crippen LogP contribution in [0.5, 0.6) is 0 Å². The Kier molecular flexibility index (Phi) is 6.33. The predicted molar refractivity (Wildman–Crippen MR) is 147 cm³/mol. The molecule has 0 atom stereocenters. The van der Waals surface area contributed by atoms with Gasteiger partial charge in [-0.15, -0.1) is 0 Å². The lowest BCUT2D eigenvalue weighted by atomic mass is 9.78. The van der Waals surface area contributed by atoms with E-state index in [9.17, 15) is 0 Å². The molecule has 0 saturated heterocycles. The zero-order valence-electron chi connectivity index (χ0n) is 23.2. The minimum absolute atomic E-state index is 0.0672. The van der Waals surface area contributed by atoms with Crippen LogP contribution in [0.25, 0.3) is 0 Å². The molecule has 1 heterocycles. The second-order valence-corrected chi connectivity index (χ2v) is 13.8. The molecule has 0 amide bonds. The molecular weight excluding hydrogens is 400 g/mol. The van der Waals surface area contributed by atoms with Gasteiger partial charge in [0, 0.05) is 23.8 Å². The summed E-state index contributed by atoms with van der Waals surface area (Å²) in [5.74, 6) is 0. The Labute approximate surface area is 203 Å². The van der Waals surface area contributed by atoms with Gasteiger partial charge in [-0.2, -0.15) is 0 Å². The predicted octanol–water partition coefficient (Wildman–Crippen LogP) is 8.63. The highest BCUT2D eigenvalue weighted by molar-refractivity contribution is 5.72. The highest BCUT2D eigenvalue weighted by Crippen LogP contribution is 2.44. The molecule has 180 valence electrons. The Morgan fingerprint density at radius 2 is 0.697 bits per heavy atom. The molecule has 2 nitrogen and oxygen atoms in total. The summed E-state index contributed by atoms with van der Waals surface area (Å²) >= 11 is 0. The van der Waals surface area contributed by atoms with Crippen LogP contribution in [0.1, 0.15) is 105 Å². The van der Waals surface area contributed by atoms with Gasteiger partial charge >= 0.3 is 0 Å². The van der Waals surface area contributed by atoms with Gasteiger partial charge in [0.05, 0.1) is 6.67 Å². The highest BCUT2D eigenvalue weighted by atomic mass is 15.3. The van der Waals surface area contributed by atoms with Crippen molar-refractivity contribution in [1.82, 2.24) is 0 Å². The van der Waals surface area contributed by atoms with Crippen molar-refractivity contribution in [3.8, 4) is 0 Å². The molecule has 3 rings (SSSR count). The molecule has 1 aliphatic heterocycles. The van der Waals surface area contributed by atoms with Crippen molar-refractivity contribution >= 4 is 11.4 Å². The first-order chi connectivity index (χ1) is 14.9. The Morgan fingerprint density at radius 3 is 0.909 bits per heavy atom. The maximum Gasteiger partial charge on any atom is 0.0989 e. The van der Waals surface area contributed by atoms with Crippen LogP contribution >= 0.6 is 0 Å². The molecule has 0 unspecified atom stereocenters. The molecule has 2 heteroatoms. The molecule has 0 N–H and O–H groups in total. The summed E-state index contributed by atoms with van der Waals surface area (Å²) in [5.41, 5.74) is 8.61. The Morgan fingerprint density at radius 1 is 0.455 bits per heavy atom.